The van der Waals surface area contributed by atoms with E-state index in [0.29, 0.717) is 5.92 Å². The first-order valence-corrected chi connectivity index (χ1v) is 4.89. The molecule has 0 radical (unpaired) electrons. The summed E-state index contributed by atoms with van der Waals surface area (Å²) in [6, 6.07) is 6.05. The molecular weight excluding hydrogens is 174 g/mol. The Kier molecular flexibility index (Phi) is 3.28. The quantitative estimate of drug-likeness (QED) is 0.764. The number of amides is 1. The number of carbonyl (C=O) groups is 1. The highest BCUT2D eigenvalue weighted by atomic mass is 16.1. The van der Waals surface area contributed by atoms with Gasteiger partial charge in [0.05, 0.1) is 0 Å². The van der Waals surface area contributed by atoms with Crippen molar-refractivity contribution in [1.29, 1.82) is 0 Å². The highest BCUT2D eigenvalue weighted by Crippen LogP contribution is 2.18. The van der Waals surface area contributed by atoms with Gasteiger partial charge in [-0.1, -0.05) is 26.0 Å². The third-order valence-corrected chi connectivity index (χ3v) is 2.40. The van der Waals surface area contributed by atoms with Crippen LogP contribution < -0.4 is 5.32 Å². The predicted molar refractivity (Wildman–Crippen MR) is 58.7 cm³/mol. The molecule has 0 aliphatic rings. The van der Waals surface area contributed by atoms with Crippen LogP contribution in [0.1, 0.15) is 41.3 Å². The van der Waals surface area contributed by atoms with Crippen LogP contribution in [0.5, 0.6) is 0 Å². The highest BCUT2D eigenvalue weighted by Gasteiger charge is 2.08. The predicted octanol–water partition coefficient (Wildman–Crippen LogP) is 2.48. The zero-order valence-corrected chi connectivity index (χ0v) is 9.22. The van der Waals surface area contributed by atoms with Crippen molar-refractivity contribution in [3.05, 3.63) is 34.9 Å². The molecule has 2 nitrogen and oxygen atoms in total. The van der Waals surface area contributed by atoms with Gasteiger partial charge < -0.3 is 5.32 Å². The first-order chi connectivity index (χ1) is 6.56. The number of hydrogen-bond acceptors (Lipinski definition) is 1. The van der Waals surface area contributed by atoms with Crippen LogP contribution in [0.25, 0.3) is 0 Å². The fraction of sp³-hybridized carbons (Fsp3) is 0.417. The number of nitrogens with one attached hydrogen (secondary N) is 1. The maximum Gasteiger partial charge on any atom is 0.251 e. The molecule has 14 heavy (non-hydrogen) atoms. The Morgan fingerprint density at radius 1 is 1.36 bits per heavy atom. The minimum Gasteiger partial charge on any atom is -0.355 e. The number of carbonyl (C=O) groups excluding carboxylic acids is 1. The van der Waals surface area contributed by atoms with E-state index < -0.39 is 0 Å². The van der Waals surface area contributed by atoms with Crippen LogP contribution in [-0.4, -0.2) is 13.0 Å². The van der Waals surface area contributed by atoms with Crippen LogP contribution in [0.15, 0.2) is 18.2 Å². The number of benzene rings is 1. The Balaban J connectivity index is 3.15. The average molecular weight is 191 g/mol. The number of rotatable bonds is 2. The lowest BCUT2D eigenvalue weighted by molar-refractivity contribution is 0.0962. The van der Waals surface area contributed by atoms with Crippen LogP contribution in [0.2, 0.25) is 0 Å². The summed E-state index contributed by atoms with van der Waals surface area (Å²) in [6.45, 7) is 6.20. The summed E-state index contributed by atoms with van der Waals surface area (Å²) in [5.41, 5.74) is 3.00. The average Bonchev–Trinajstić information content (AvgIpc) is 2.17. The van der Waals surface area contributed by atoms with E-state index in [1.165, 1.54) is 5.56 Å². The van der Waals surface area contributed by atoms with Gasteiger partial charge in [0.25, 0.3) is 5.91 Å². The molecule has 0 heterocycles. The molecule has 0 bridgehead atoms. The van der Waals surface area contributed by atoms with Crippen molar-refractivity contribution in [2.75, 3.05) is 7.05 Å². The van der Waals surface area contributed by atoms with Gasteiger partial charge in [0.15, 0.2) is 0 Å². The van der Waals surface area contributed by atoms with Crippen molar-refractivity contribution >= 4 is 5.91 Å². The summed E-state index contributed by atoms with van der Waals surface area (Å²) >= 11 is 0. The maximum absolute atomic E-state index is 11.5. The molecule has 0 spiro atoms. The summed E-state index contributed by atoms with van der Waals surface area (Å²) in [5, 5.41) is 2.65. The van der Waals surface area contributed by atoms with Gasteiger partial charge >= 0.3 is 0 Å². The fourth-order valence-corrected chi connectivity index (χ4v) is 1.38. The molecule has 0 aromatic heterocycles. The normalized spacial score (nSPS) is 10.4. The molecule has 0 saturated carbocycles. The number of aryl methyl sites for hydroxylation is 1. The smallest absolute Gasteiger partial charge is 0.251 e. The molecule has 2 heteroatoms. The van der Waals surface area contributed by atoms with E-state index in [1.54, 1.807) is 7.05 Å². The van der Waals surface area contributed by atoms with E-state index in [0.717, 1.165) is 11.1 Å². The van der Waals surface area contributed by atoms with Crippen molar-refractivity contribution in [3.8, 4) is 0 Å². The lowest BCUT2D eigenvalue weighted by atomic mass is 9.97. The van der Waals surface area contributed by atoms with E-state index in [1.807, 2.05) is 19.1 Å². The summed E-state index contributed by atoms with van der Waals surface area (Å²) in [4.78, 5) is 11.5. The molecule has 1 amide bonds. The van der Waals surface area contributed by atoms with Crippen LogP contribution in [-0.2, 0) is 0 Å². The minimum atomic E-state index is -0.00926. The standard InChI is InChI=1S/C12H17NO/c1-8(2)10-6-5-9(3)11(7-10)12(14)13-4/h5-8H,1-4H3,(H,13,14). The zero-order chi connectivity index (χ0) is 10.7. The van der Waals surface area contributed by atoms with Crippen molar-refractivity contribution < 1.29 is 4.79 Å². The summed E-state index contributed by atoms with van der Waals surface area (Å²) < 4.78 is 0. The van der Waals surface area contributed by atoms with E-state index in [2.05, 4.69) is 25.2 Å². The monoisotopic (exact) mass is 191 g/mol. The molecule has 76 valence electrons. The molecule has 1 rings (SSSR count). The van der Waals surface area contributed by atoms with Crippen LogP contribution in [0, 0.1) is 6.92 Å². The van der Waals surface area contributed by atoms with Crippen LogP contribution in [0.3, 0.4) is 0 Å². The van der Waals surface area contributed by atoms with Crippen molar-refractivity contribution in [2.24, 2.45) is 0 Å². The first-order valence-electron chi connectivity index (χ1n) is 4.89. The molecule has 1 aromatic rings. The number of hydrogen-bond donors (Lipinski definition) is 1. The molecule has 0 saturated heterocycles. The Morgan fingerprint density at radius 3 is 2.50 bits per heavy atom. The topological polar surface area (TPSA) is 29.1 Å². The van der Waals surface area contributed by atoms with E-state index >= 15 is 0 Å². The van der Waals surface area contributed by atoms with Gasteiger partial charge in [0, 0.05) is 12.6 Å². The first kappa shape index (κ1) is 10.8. The zero-order valence-electron chi connectivity index (χ0n) is 9.22. The molecule has 1 N–H and O–H groups in total. The van der Waals surface area contributed by atoms with E-state index in [-0.39, 0.29) is 5.91 Å². The molecule has 0 atom stereocenters. The van der Waals surface area contributed by atoms with Crippen LogP contribution >= 0.6 is 0 Å². The maximum atomic E-state index is 11.5. The second-order valence-corrected chi connectivity index (χ2v) is 3.81. The highest BCUT2D eigenvalue weighted by molar-refractivity contribution is 5.95. The summed E-state index contributed by atoms with van der Waals surface area (Å²) in [5.74, 6) is 0.448. The third-order valence-electron chi connectivity index (χ3n) is 2.40. The second-order valence-electron chi connectivity index (χ2n) is 3.81. The van der Waals surface area contributed by atoms with Gasteiger partial charge in [-0.3, -0.25) is 4.79 Å². The van der Waals surface area contributed by atoms with Crippen molar-refractivity contribution in [2.45, 2.75) is 26.7 Å². The Morgan fingerprint density at radius 2 is 2.00 bits per heavy atom. The van der Waals surface area contributed by atoms with Gasteiger partial charge in [0.1, 0.15) is 0 Å². The molecule has 0 aliphatic heterocycles. The Hall–Kier alpha value is -1.31. The van der Waals surface area contributed by atoms with Crippen molar-refractivity contribution in [3.63, 3.8) is 0 Å². The Labute approximate surface area is 85.3 Å². The minimum absolute atomic E-state index is 0.00926. The van der Waals surface area contributed by atoms with Crippen LogP contribution in [0.4, 0.5) is 0 Å². The van der Waals surface area contributed by atoms with Gasteiger partial charge in [-0.25, -0.2) is 0 Å². The summed E-state index contributed by atoms with van der Waals surface area (Å²) in [6.07, 6.45) is 0. The van der Waals surface area contributed by atoms with Gasteiger partial charge in [-0.05, 0) is 30.0 Å². The third kappa shape index (κ3) is 2.13. The fourth-order valence-electron chi connectivity index (χ4n) is 1.38. The van der Waals surface area contributed by atoms with Gasteiger partial charge in [0.2, 0.25) is 0 Å². The molecule has 1 aromatic carbocycles. The summed E-state index contributed by atoms with van der Waals surface area (Å²) in [7, 11) is 1.66. The Bertz CT molecular complexity index is 342. The van der Waals surface area contributed by atoms with Gasteiger partial charge in [-0.15, -0.1) is 0 Å². The largest absolute Gasteiger partial charge is 0.355 e. The van der Waals surface area contributed by atoms with E-state index in [4.69, 9.17) is 0 Å². The molecule has 0 unspecified atom stereocenters. The molecule has 0 fully saturated rings. The lowest BCUT2D eigenvalue weighted by Gasteiger charge is -2.09. The van der Waals surface area contributed by atoms with Gasteiger partial charge in [-0.2, -0.15) is 0 Å². The van der Waals surface area contributed by atoms with Crippen molar-refractivity contribution in [1.82, 2.24) is 5.32 Å². The molecular formula is C12H17NO. The SMILES string of the molecule is CNC(=O)c1cc(C(C)C)ccc1C. The second kappa shape index (κ2) is 4.27. The van der Waals surface area contributed by atoms with E-state index in [9.17, 15) is 4.79 Å². The molecule has 0 aliphatic carbocycles. The lowest BCUT2D eigenvalue weighted by Crippen LogP contribution is -2.19.